The summed E-state index contributed by atoms with van der Waals surface area (Å²) in [6.07, 6.45) is 1.97. The van der Waals surface area contributed by atoms with Crippen LogP contribution in [0.25, 0.3) is 0 Å². The lowest BCUT2D eigenvalue weighted by atomic mass is 9.80. The van der Waals surface area contributed by atoms with Crippen LogP contribution in [0.15, 0.2) is 30.3 Å². The zero-order valence-electron chi connectivity index (χ0n) is 16.5. The Kier molecular flexibility index (Phi) is 10.1. The molecule has 1 saturated heterocycles. The fourth-order valence-electron chi connectivity index (χ4n) is 3.55. The number of nitrogens with zero attached hydrogens (tertiary/aromatic N) is 1. The predicted molar refractivity (Wildman–Crippen MR) is 106 cm³/mol. The summed E-state index contributed by atoms with van der Waals surface area (Å²) in [5, 5.41) is 27.3. The number of amides is 1. The smallest absolute Gasteiger partial charge is 0.451 e. The van der Waals surface area contributed by atoms with E-state index in [-0.39, 0.29) is 30.6 Å². The second-order valence-corrected chi connectivity index (χ2v) is 6.95. The number of carboxylic acid groups (broad SMARTS) is 1. The van der Waals surface area contributed by atoms with Crippen LogP contribution >= 0.6 is 0 Å². The van der Waals surface area contributed by atoms with Gasteiger partial charge in [0.05, 0.1) is 5.92 Å². The highest BCUT2D eigenvalue weighted by Gasteiger charge is 2.40. The van der Waals surface area contributed by atoms with E-state index in [1.165, 1.54) is 0 Å². The molecule has 3 atom stereocenters. The van der Waals surface area contributed by atoms with E-state index < -0.39 is 19.0 Å². The van der Waals surface area contributed by atoms with Crippen molar-refractivity contribution in [2.45, 2.75) is 46.4 Å². The summed E-state index contributed by atoms with van der Waals surface area (Å²) in [6, 6.07) is 9.78. The number of benzene rings is 1. The van der Waals surface area contributed by atoms with Gasteiger partial charge in [0.15, 0.2) is 0 Å². The zero-order valence-corrected chi connectivity index (χ0v) is 16.5. The van der Waals surface area contributed by atoms with Gasteiger partial charge in [0.25, 0.3) is 0 Å². The summed E-state index contributed by atoms with van der Waals surface area (Å²) >= 11 is 0. The molecule has 0 bridgehead atoms. The van der Waals surface area contributed by atoms with E-state index in [0.29, 0.717) is 25.8 Å². The highest BCUT2D eigenvalue weighted by Crippen LogP contribution is 2.30. The van der Waals surface area contributed by atoms with Crippen molar-refractivity contribution in [2.24, 2.45) is 17.8 Å². The highest BCUT2D eigenvalue weighted by atomic mass is 16.4. The van der Waals surface area contributed by atoms with Gasteiger partial charge in [-0.25, -0.2) is 0 Å². The van der Waals surface area contributed by atoms with Gasteiger partial charge in [0.1, 0.15) is 0 Å². The third kappa shape index (κ3) is 7.35. The van der Waals surface area contributed by atoms with E-state index in [1.54, 1.807) is 4.90 Å². The van der Waals surface area contributed by atoms with Gasteiger partial charge in [-0.1, -0.05) is 57.5 Å². The molecule has 1 amide bonds. The number of rotatable bonds is 8. The monoisotopic (exact) mass is 377 g/mol. The zero-order chi connectivity index (χ0) is 20.4. The van der Waals surface area contributed by atoms with Gasteiger partial charge in [0, 0.05) is 19.0 Å². The van der Waals surface area contributed by atoms with Gasteiger partial charge >= 0.3 is 13.1 Å². The molecule has 27 heavy (non-hydrogen) atoms. The average Bonchev–Trinajstić information content (AvgIpc) is 3.07. The van der Waals surface area contributed by atoms with Crippen LogP contribution in [0.3, 0.4) is 0 Å². The van der Waals surface area contributed by atoms with Crippen LogP contribution in [0, 0.1) is 17.8 Å². The molecule has 1 aromatic rings. The van der Waals surface area contributed by atoms with Crippen molar-refractivity contribution in [3.63, 3.8) is 0 Å². The number of aliphatic carboxylic acids is 1. The Morgan fingerprint density at radius 2 is 1.81 bits per heavy atom. The standard InChI is InChI=1S/C18H26BNO5.C2H6/c1-13(10-14-6-3-2-4-7-14)17(21)20-11-15(8-5-9-19(24)25)16(12-20)18(22)23;1-2/h2-4,6-7,13,15-16,24-25H,5,8-12H2,1H3,(H,22,23);1-2H3. The summed E-state index contributed by atoms with van der Waals surface area (Å²) in [6.45, 7) is 6.54. The molecule has 0 spiro atoms. The Hall–Kier alpha value is -1.86. The van der Waals surface area contributed by atoms with Crippen LogP contribution < -0.4 is 0 Å². The first-order chi connectivity index (χ1) is 12.9. The molecule has 0 aromatic heterocycles. The molecule has 1 aliphatic heterocycles. The van der Waals surface area contributed by atoms with Gasteiger partial charge in [-0.15, -0.1) is 0 Å². The molecule has 1 heterocycles. The van der Waals surface area contributed by atoms with Crippen LogP contribution in [-0.2, 0) is 16.0 Å². The molecule has 0 saturated carbocycles. The van der Waals surface area contributed by atoms with Crippen molar-refractivity contribution >= 4 is 19.0 Å². The number of carbonyl (C=O) groups is 2. The maximum Gasteiger partial charge on any atom is 0.451 e. The van der Waals surface area contributed by atoms with E-state index in [4.69, 9.17) is 10.0 Å². The Bertz CT molecular complexity index is 581. The van der Waals surface area contributed by atoms with Crippen LogP contribution in [0.1, 0.15) is 39.2 Å². The number of carbonyl (C=O) groups excluding carboxylic acids is 1. The molecule has 6 nitrogen and oxygen atoms in total. The molecular formula is C20H32BNO5. The van der Waals surface area contributed by atoms with Gasteiger partial charge < -0.3 is 20.1 Å². The van der Waals surface area contributed by atoms with E-state index in [1.807, 2.05) is 51.1 Å². The molecule has 3 unspecified atom stereocenters. The van der Waals surface area contributed by atoms with Crippen LogP contribution in [0.4, 0.5) is 0 Å². The number of hydrogen-bond donors (Lipinski definition) is 3. The Labute approximate surface area is 162 Å². The van der Waals surface area contributed by atoms with Crippen molar-refractivity contribution in [2.75, 3.05) is 13.1 Å². The molecule has 1 aromatic carbocycles. The summed E-state index contributed by atoms with van der Waals surface area (Å²) in [7, 11) is -1.37. The molecule has 0 radical (unpaired) electrons. The third-order valence-corrected chi connectivity index (χ3v) is 4.91. The summed E-state index contributed by atoms with van der Waals surface area (Å²) in [4.78, 5) is 25.9. The minimum atomic E-state index is -1.37. The number of likely N-dealkylation sites (tertiary alicyclic amines) is 1. The molecule has 3 N–H and O–H groups in total. The Balaban J connectivity index is 0.00000176. The minimum absolute atomic E-state index is 0.0141. The molecule has 7 heteroatoms. The van der Waals surface area contributed by atoms with Gasteiger partial charge in [0.2, 0.25) is 5.91 Å². The van der Waals surface area contributed by atoms with Crippen molar-refractivity contribution in [3.05, 3.63) is 35.9 Å². The van der Waals surface area contributed by atoms with E-state index in [0.717, 1.165) is 5.56 Å². The molecule has 2 rings (SSSR count). The lowest BCUT2D eigenvalue weighted by Crippen LogP contribution is -2.35. The number of hydrogen-bond acceptors (Lipinski definition) is 4. The summed E-state index contributed by atoms with van der Waals surface area (Å²) < 4.78 is 0. The first kappa shape index (κ1) is 23.2. The molecular weight excluding hydrogens is 345 g/mol. The highest BCUT2D eigenvalue weighted by molar-refractivity contribution is 6.40. The van der Waals surface area contributed by atoms with Crippen molar-refractivity contribution in [3.8, 4) is 0 Å². The number of carboxylic acids is 1. The van der Waals surface area contributed by atoms with E-state index in [9.17, 15) is 14.7 Å². The fraction of sp³-hybridized carbons (Fsp3) is 0.600. The fourth-order valence-corrected chi connectivity index (χ4v) is 3.55. The lowest BCUT2D eigenvalue weighted by Gasteiger charge is -2.21. The second kappa shape index (κ2) is 11.8. The van der Waals surface area contributed by atoms with Crippen molar-refractivity contribution in [1.29, 1.82) is 0 Å². The van der Waals surface area contributed by atoms with Crippen LogP contribution in [0.5, 0.6) is 0 Å². The minimum Gasteiger partial charge on any atom is -0.481 e. The normalized spacial score (nSPS) is 19.8. The van der Waals surface area contributed by atoms with Gasteiger partial charge in [-0.05, 0) is 30.6 Å². The van der Waals surface area contributed by atoms with Crippen LogP contribution in [-0.4, -0.2) is 52.1 Å². The van der Waals surface area contributed by atoms with Gasteiger partial charge in [-0.2, -0.15) is 0 Å². The first-order valence-corrected chi connectivity index (χ1v) is 9.80. The molecule has 0 aliphatic carbocycles. The van der Waals surface area contributed by atoms with Crippen molar-refractivity contribution < 1.29 is 24.7 Å². The van der Waals surface area contributed by atoms with Crippen LogP contribution in [0.2, 0.25) is 6.32 Å². The third-order valence-electron chi connectivity index (χ3n) is 4.91. The van der Waals surface area contributed by atoms with E-state index >= 15 is 0 Å². The quantitative estimate of drug-likeness (QED) is 0.604. The molecule has 150 valence electrons. The summed E-state index contributed by atoms with van der Waals surface area (Å²) in [5.41, 5.74) is 1.09. The van der Waals surface area contributed by atoms with Crippen molar-refractivity contribution in [1.82, 2.24) is 4.90 Å². The maximum absolute atomic E-state index is 12.7. The average molecular weight is 377 g/mol. The second-order valence-electron chi connectivity index (χ2n) is 6.95. The molecule has 1 fully saturated rings. The lowest BCUT2D eigenvalue weighted by molar-refractivity contribution is -0.142. The largest absolute Gasteiger partial charge is 0.481 e. The predicted octanol–water partition coefficient (Wildman–Crippen LogP) is 2.30. The SMILES string of the molecule is CC.CC(Cc1ccccc1)C(=O)N1CC(CCCB(O)O)C(C(=O)O)C1. The van der Waals surface area contributed by atoms with E-state index in [2.05, 4.69) is 0 Å². The Morgan fingerprint density at radius 3 is 2.37 bits per heavy atom. The van der Waals surface area contributed by atoms with Gasteiger partial charge in [-0.3, -0.25) is 9.59 Å². The molecule has 1 aliphatic rings. The Morgan fingerprint density at radius 1 is 1.19 bits per heavy atom. The maximum atomic E-state index is 12.7. The first-order valence-electron chi connectivity index (χ1n) is 9.80. The summed E-state index contributed by atoms with van der Waals surface area (Å²) in [5.74, 6) is -1.82. The topological polar surface area (TPSA) is 98.1 Å².